The van der Waals surface area contributed by atoms with Crippen LogP contribution in [0.2, 0.25) is 0 Å². The van der Waals surface area contributed by atoms with Crippen molar-refractivity contribution < 1.29 is 0 Å². The molecule has 0 saturated carbocycles. The van der Waals surface area contributed by atoms with Crippen molar-refractivity contribution in [2.45, 2.75) is 0 Å². The van der Waals surface area contributed by atoms with Gasteiger partial charge in [0.15, 0.2) is 0 Å². The fourth-order valence-corrected chi connectivity index (χ4v) is 1.59. The second kappa shape index (κ2) is 7.19. The molecule has 0 spiro atoms. The van der Waals surface area contributed by atoms with Crippen molar-refractivity contribution in [3.8, 4) is 0 Å². The van der Waals surface area contributed by atoms with Gasteiger partial charge >= 0.3 is 11.4 Å². The molecule has 0 aromatic carbocycles. The van der Waals surface area contributed by atoms with Gasteiger partial charge in [0, 0.05) is 16.9 Å². The quantitative estimate of drug-likeness (QED) is 0.455. The molecule has 0 aliphatic rings. The van der Waals surface area contributed by atoms with E-state index in [1.54, 1.807) is 0 Å². The first-order valence-corrected chi connectivity index (χ1v) is 6.82. The second-order valence-corrected chi connectivity index (χ2v) is 5.43. The van der Waals surface area contributed by atoms with E-state index < -0.39 is 16.9 Å². The third kappa shape index (κ3) is 4.77. The van der Waals surface area contributed by atoms with Crippen LogP contribution in [0.5, 0.6) is 0 Å². The van der Waals surface area contributed by atoms with Crippen molar-refractivity contribution in [2.24, 2.45) is 0 Å². The number of nitrogens with one attached hydrogen (secondary N) is 4. The molecule has 4 N–H and O–H groups in total. The maximum atomic E-state index is 10.9. The number of hydrogen-bond acceptors (Lipinski definition) is 4. The molecular weight excluding hydrogens is 447 g/mol. The zero-order valence-corrected chi connectivity index (χ0v) is 13.5. The fraction of sp³-hybridized carbons (Fsp3) is 0. The highest BCUT2D eigenvalue weighted by molar-refractivity contribution is 14.1. The van der Waals surface area contributed by atoms with Crippen LogP contribution >= 0.6 is 38.5 Å². The average Bonchev–Trinajstić information content (AvgIpc) is 2.34. The Morgan fingerprint density at radius 1 is 1.00 bits per heavy atom. The highest BCUT2D eigenvalue weighted by atomic mass is 127. The molecule has 0 saturated heterocycles. The molecule has 0 fully saturated rings. The molecule has 2 aromatic rings. The van der Waals surface area contributed by atoms with Crippen molar-refractivity contribution in [3.05, 3.63) is 69.8 Å². The number of hydrogen-bond donors (Lipinski definition) is 4. The topological polar surface area (TPSA) is 131 Å². The summed E-state index contributed by atoms with van der Waals surface area (Å²) < 4.78 is 0.919. The number of rotatable bonds is 1. The van der Waals surface area contributed by atoms with Gasteiger partial charge in [0.05, 0.1) is 9.13 Å². The molecule has 0 atom stereocenters. The SMILES string of the molecule is C=C(Br)c1c[nH]c(=O)[nH]c1=O.O=c1[nH]cc(I)c(=O)[nH]1. The Balaban J connectivity index is 0.000000204. The van der Waals surface area contributed by atoms with Crippen molar-refractivity contribution in [2.75, 3.05) is 0 Å². The summed E-state index contributed by atoms with van der Waals surface area (Å²) in [5.74, 6) is 0. The lowest BCUT2D eigenvalue weighted by Gasteiger charge is -1.92. The maximum Gasteiger partial charge on any atom is 0.325 e. The first-order chi connectivity index (χ1) is 9.31. The lowest BCUT2D eigenvalue weighted by Crippen LogP contribution is -2.23. The van der Waals surface area contributed by atoms with Gasteiger partial charge in [-0.15, -0.1) is 0 Å². The van der Waals surface area contributed by atoms with Crippen LogP contribution in [0.3, 0.4) is 0 Å². The van der Waals surface area contributed by atoms with Crippen LogP contribution in [-0.4, -0.2) is 19.9 Å². The Bertz CT molecular complexity index is 847. The van der Waals surface area contributed by atoms with E-state index in [4.69, 9.17) is 0 Å². The monoisotopic (exact) mass is 454 g/mol. The summed E-state index contributed by atoms with van der Waals surface area (Å²) >= 11 is 4.85. The molecule has 0 bridgehead atoms. The standard InChI is InChI=1S/C6H5BrN2O2.C4H3IN2O2/c1-3(7)4-2-8-6(11)9-5(4)10;5-2-1-6-4(9)7-3(2)8/h2H,1H2,(H2,8,9,10,11);1H,(H2,6,7,8,9). The van der Waals surface area contributed by atoms with Gasteiger partial charge in [-0.25, -0.2) is 9.59 Å². The van der Waals surface area contributed by atoms with Crippen molar-refractivity contribution >= 4 is 43.0 Å². The molecular formula is C10H8BrIN4O4. The summed E-state index contributed by atoms with van der Waals surface area (Å²) in [6, 6.07) is 0. The molecule has 20 heavy (non-hydrogen) atoms. The molecule has 0 aliphatic carbocycles. The van der Waals surface area contributed by atoms with Gasteiger partial charge in [-0.05, 0) is 22.6 Å². The maximum absolute atomic E-state index is 10.9. The van der Waals surface area contributed by atoms with Crippen molar-refractivity contribution in [1.82, 2.24) is 19.9 Å². The van der Waals surface area contributed by atoms with Crippen molar-refractivity contribution in [1.29, 1.82) is 0 Å². The van der Waals surface area contributed by atoms with Gasteiger partial charge in [-0.2, -0.15) is 0 Å². The van der Waals surface area contributed by atoms with Gasteiger partial charge < -0.3 is 9.97 Å². The van der Waals surface area contributed by atoms with Crippen LogP contribution in [0.15, 0.2) is 38.2 Å². The van der Waals surface area contributed by atoms with E-state index in [9.17, 15) is 19.2 Å². The predicted molar refractivity (Wildman–Crippen MR) is 86.0 cm³/mol. The third-order valence-corrected chi connectivity index (χ3v) is 3.11. The van der Waals surface area contributed by atoms with Crippen LogP contribution in [0.4, 0.5) is 0 Å². The van der Waals surface area contributed by atoms with Gasteiger partial charge in [-0.1, -0.05) is 22.5 Å². The minimum atomic E-state index is -0.521. The van der Waals surface area contributed by atoms with E-state index in [1.165, 1.54) is 12.4 Å². The molecule has 2 aromatic heterocycles. The summed E-state index contributed by atoms with van der Waals surface area (Å²) in [5, 5.41) is 0. The van der Waals surface area contributed by atoms with E-state index in [-0.39, 0.29) is 5.56 Å². The normalized spacial score (nSPS) is 9.50. The van der Waals surface area contributed by atoms with Crippen LogP contribution < -0.4 is 22.5 Å². The summed E-state index contributed by atoms with van der Waals surface area (Å²) in [4.78, 5) is 51.1. The van der Waals surface area contributed by atoms with E-state index in [0.29, 0.717) is 13.6 Å². The fourth-order valence-electron chi connectivity index (χ4n) is 1.00. The third-order valence-electron chi connectivity index (χ3n) is 1.89. The Hall–Kier alpha value is -1.69. The lowest BCUT2D eigenvalue weighted by molar-refractivity contribution is 1.02. The molecule has 10 heteroatoms. The van der Waals surface area contributed by atoms with Gasteiger partial charge in [0.2, 0.25) is 0 Å². The van der Waals surface area contributed by atoms with E-state index in [0.717, 1.165) is 0 Å². The Kier molecular flexibility index (Phi) is 5.88. The minimum Gasteiger partial charge on any atom is -0.313 e. The molecule has 0 amide bonds. The lowest BCUT2D eigenvalue weighted by atomic mass is 10.3. The van der Waals surface area contributed by atoms with Gasteiger partial charge in [0.1, 0.15) is 0 Å². The smallest absolute Gasteiger partial charge is 0.313 e. The predicted octanol–water partition coefficient (Wildman–Crippen LogP) is 0.0966. The molecule has 8 nitrogen and oxygen atoms in total. The van der Waals surface area contributed by atoms with Crippen LogP contribution in [0.25, 0.3) is 4.48 Å². The van der Waals surface area contributed by atoms with Gasteiger partial charge in [0.25, 0.3) is 11.1 Å². The van der Waals surface area contributed by atoms with E-state index in [2.05, 4.69) is 42.4 Å². The van der Waals surface area contributed by atoms with E-state index in [1.807, 2.05) is 22.6 Å². The molecule has 2 rings (SSSR count). The molecule has 106 valence electrons. The number of aromatic amines is 4. The first-order valence-electron chi connectivity index (χ1n) is 4.95. The Morgan fingerprint density at radius 3 is 1.90 bits per heavy atom. The number of halogens is 2. The van der Waals surface area contributed by atoms with Crippen LogP contribution in [0, 0.1) is 3.57 Å². The number of aromatic nitrogens is 4. The highest BCUT2D eigenvalue weighted by Crippen LogP contribution is 2.11. The Labute approximate surface area is 132 Å². The summed E-state index contributed by atoms with van der Waals surface area (Å²) in [6.45, 7) is 3.49. The van der Waals surface area contributed by atoms with E-state index >= 15 is 0 Å². The average molecular weight is 455 g/mol. The summed E-state index contributed by atoms with van der Waals surface area (Å²) in [6.07, 6.45) is 2.67. The molecule has 0 aliphatic heterocycles. The second-order valence-electron chi connectivity index (χ2n) is 3.31. The highest BCUT2D eigenvalue weighted by Gasteiger charge is 1.99. The summed E-state index contributed by atoms with van der Waals surface area (Å²) in [7, 11) is 0. The minimum absolute atomic E-state index is 0.324. The molecule has 0 unspecified atom stereocenters. The van der Waals surface area contributed by atoms with Gasteiger partial charge in [-0.3, -0.25) is 19.6 Å². The molecule has 2 heterocycles. The molecule has 0 radical (unpaired) electrons. The van der Waals surface area contributed by atoms with Crippen LogP contribution in [-0.2, 0) is 0 Å². The zero-order valence-electron chi connectivity index (χ0n) is 9.75. The Morgan fingerprint density at radius 2 is 1.50 bits per heavy atom. The van der Waals surface area contributed by atoms with Crippen LogP contribution in [0.1, 0.15) is 5.56 Å². The van der Waals surface area contributed by atoms with Crippen molar-refractivity contribution in [3.63, 3.8) is 0 Å². The first kappa shape index (κ1) is 16.4. The number of H-pyrrole nitrogens is 4. The zero-order chi connectivity index (χ0) is 15.3. The largest absolute Gasteiger partial charge is 0.325 e. The summed E-state index contributed by atoms with van der Waals surface area (Å²) in [5.41, 5.74) is -1.47.